The second-order valence-corrected chi connectivity index (χ2v) is 16.8. The summed E-state index contributed by atoms with van der Waals surface area (Å²) in [5.74, 6) is -0.450. The molecule has 2 rings (SSSR count). The molecule has 2 saturated heterocycles. The lowest BCUT2D eigenvalue weighted by Gasteiger charge is -2.41. The smallest absolute Gasteiger partial charge is 0.249 e. The number of nitrogens with one attached hydrogen (secondary N) is 2. The van der Waals surface area contributed by atoms with Crippen LogP contribution in [0.15, 0.2) is 11.6 Å². The molecular formula is C41H75N5O4. The van der Waals surface area contributed by atoms with Crippen LogP contribution >= 0.6 is 0 Å². The van der Waals surface area contributed by atoms with Crippen LogP contribution in [-0.2, 0) is 19.2 Å². The minimum Gasteiger partial charge on any atom is -0.354 e. The first-order valence-corrected chi connectivity index (χ1v) is 20.2. The first-order chi connectivity index (χ1) is 23.6. The average molecular weight is 702 g/mol. The fraction of sp³-hybridized carbons (Fsp3) is 0.854. The van der Waals surface area contributed by atoms with Gasteiger partial charge >= 0.3 is 0 Å². The highest BCUT2D eigenvalue weighted by Gasteiger charge is 2.40. The van der Waals surface area contributed by atoms with Crippen molar-refractivity contribution in [3.63, 3.8) is 0 Å². The van der Waals surface area contributed by atoms with Gasteiger partial charge in [0.1, 0.15) is 12.1 Å². The molecule has 2 aliphatic rings. The highest BCUT2D eigenvalue weighted by Crippen LogP contribution is 2.27. The molecular weight excluding hydrogens is 626 g/mol. The SMILES string of the molecule is CCCCCCCCCCCCNC(=O)[C@@H]1CCCN1C(=O)/C(C)=C/[C@H](C(C)C)N(C)C(=O)[C@@H](NC(=O)[C@H]1CCCCN1C(C)C)C(C)(C)C. The molecule has 0 saturated carbocycles. The van der Waals surface area contributed by atoms with Crippen LogP contribution in [0.5, 0.6) is 0 Å². The van der Waals surface area contributed by atoms with Gasteiger partial charge in [0.15, 0.2) is 0 Å². The number of carbonyl (C=O) groups excluding carboxylic acids is 4. The summed E-state index contributed by atoms with van der Waals surface area (Å²) in [7, 11) is 1.77. The average Bonchev–Trinajstić information content (AvgIpc) is 3.57. The molecule has 288 valence electrons. The number of hydrogen-bond donors (Lipinski definition) is 2. The van der Waals surface area contributed by atoms with Gasteiger partial charge < -0.3 is 20.4 Å². The molecule has 4 atom stereocenters. The number of rotatable bonds is 20. The summed E-state index contributed by atoms with van der Waals surface area (Å²) < 4.78 is 0. The van der Waals surface area contributed by atoms with Gasteiger partial charge in [0, 0.05) is 31.8 Å². The van der Waals surface area contributed by atoms with Gasteiger partial charge in [-0.15, -0.1) is 0 Å². The van der Waals surface area contributed by atoms with Crippen LogP contribution < -0.4 is 10.6 Å². The number of unbranched alkanes of at least 4 members (excludes halogenated alkanes) is 9. The quantitative estimate of drug-likeness (QED) is 0.103. The maximum absolute atomic E-state index is 14.2. The maximum atomic E-state index is 14.2. The summed E-state index contributed by atoms with van der Waals surface area (Å²) in [6, 6.07) is -1.53. The van der Waals surface area contributed by atoms with Crippen molar-refractivity contribution < 1.29 is 19.2 Å². The van der Waals surface area contributed by atoms with Gasteiger partial charge in [0.25, 0.3) is 0 Å². The summed E-state index contributed by atoms with van der Waals surface area (Å²) in [4.78, 5) is 60.5. The zero-order valence-corrected chi connectivity index (χ0v) is 33.7. The Morgan fingerprint density at radius 3 is 1.94 bits per heavy atom. The van der Waals surface area contributed by atoms with Gasteiger partial charge in [-0.3, -0.25) is 24.1 Å². The highest BCUT2D eigenvalue weighted by molar-refractivity contribution is 5.97. The lowest BCUT2D eigenvalue weighted by atomic mass is 9.84. The van der Waals surface area contributed by atoms with Crippen LogP contribution in [0.25, 0.3) is 0 Å². The van der Waals surface area contributed by atoms with Crippen molar-refractivity contribution in [1.82, 2.24) is 25.3 Å². The van der Waals surface area contributed by atoms with E-state index in [0.717, 1.165) is 45.1 Å². The molecule has 2 aliphatic heterocycles. The number of nitrogens with zero attached hydrogens (tertiary/aromatic N) is 3. The Morgan fingerprint density at radius 2 is 1.38 bits per heavy atom. The Bertz CT molecular complexity index is 1100. The van der Waals surface area contributed by atoms with Crippen molar-refractivity contribution in [3.8, 4) is 0 Å². The molecule has 50 heavy (non-hydrogen) atoms. The number of carbonyl (C=O) groups is 4. The van der Waals surface area contributed by atoms with Crippen LogP contribution in [0.1, 0.15) is 159 Å². The number of likely N-dealkylation sites (tertiary alicyclic amines) is 2. The first kappa shape index (κ1) is 43.7. The Hall–Kier alpha value is -2.42. The van der Waals surface area contributed by atoms with E-state index >= 15 is 0 Å². The van der Waals surface area contributed by atoms with Crippen LogP contribution in [0.2, 0.25) is 0 Å². The second-order valence-electron chi connectivity index (χ2n) is 16.8. The third-order valence-electron chi connectivity index (χ3n) is 10.8. The predicted molar refractivity (Wildman–Crippen MR) is 206 cm³/mol. The molecule has 2 fully saturated rings. The van der Waals surface area contributed by atoms with Gasteiger partial charge in [-0.1, -0.05) is 112 Å². The molecule has 0 aromatic carbocycles. The van der Waals surface area contributed by atoms with Crippen molar-refractivity contribution in [1.29, 1.82) is 0 Å². The molecule has 2 heterocycles. The summed E-state index contributed by atoms with van der Waals surface area (Å²) >= 11 is 0. The number of piperidine rings is 1. The summed E-state index contributed by atoms with van der Waals surface area (Å²) in [5.41, 5.74) is 0.0159. The molecule has 0 aromatic rings. The molecule has 0 aromatic heterocycles. The van der Waals surface area contributed by atoms with E-state index in [-0.39, 0.29) is 47.7 Å². The monoisotopic (exact) mass is 702 g/mol. The Labute approximate surface area is 306 Å². The molecule has 9 heteroatoms. The van der Waals surface area contributed by atoms with E-state index in [0.29, 0.717) is 25.1 Å². The van der Waals surface area contributed by atoms with Gasteiger partial charge in [-0.2, -0.15) is 0 Å². The second kappa shape index (κ2) is 21.8. The minimum absolute atomic E-state index is 0.0246. The van der Waals surface area contributed by atoms with Crippen molar-refractivity contribution in [3.05, 3.63) is 11.6 Å². The van der Waals surface area contributed by atoms with E-state index in [2.05, 4.69) is 36.3 Å². The number of likely N-dealkylation sites (N-methyl/N-ethyl adjacent to an activating group) is 1. The highest BCUT2D eigenvalue weighted by atomic mass is 16.2. The molecule has 0 aliphatic carbocycles. The molecule has 9 nitrogen and oxygen atoms in total. The van der Waals surface area contributed by atoms with Gasteiger partial charge in [-0.25, -0.2) is 0 Å². The van der Waals surface area contributed by atoms with E-state index < -0.39 is 17.5 Å². The van der Waals surface area contributed by atoms with E-state index in [1.165, 1.54) is 51.4 Å². The van der Waals surface area contributed by atoms with Gasteiger partial charge in [0.2, 0.25) is 23.6 Å². The van der Waals surface area contributed by atoms with Crippen LogP contribution in [0.3, 0.4) is 0 Å². The van der Waals surface area contributed by atoms with Crippen LogP contribution in [0, 0.1) is 11.3 Å². The third-order valence-corrected chi connectivity index (χ3v) is 10.8. The molecule has 2 N–H and O–H groups in total. The predicted octanol–water partition coefficient (Wildman–Crippen LogP) is 7.24. The topological polar surface area (TPSA) is 102 Å². The molecule has 0 spiro atoms. The van der Waals surface area contributed by atoms with E-state index in [4.69, 9.17) is 0 Å². The molecule has 0 radical (unpaired) electrons. The fourth-order valence-electron chi connectivity index (χ4n) is 7.62. The summed E-state index contributed by atoms with van der Waals surface area (Å²) in [6.45, 7) is 20.4. The van der Waals surface area contributed by atoms with Crippen molar-refractivity contribution in [2.45, 2.75) is 189 Å². The molecule has 0 unspecified atom stereocenters. The van der Waals surface area contributed by atoms with Crippen molar-refractivity contribution >= 4 is 23.6 Å². The standard InChI is InChI=1S/C41H75N5O4/c1-11-12-13-14-15-16-17-18-19-21-26-42-37(47)33-25-23-28-46(33)39(49)32(6)29-35(30(2)3)44(10)40(50)36(41(7,8)9)43-38(48)34-24-20-22-27-45(34)31(4)5/h29-31,33-36H,11-28H2,1-10H3,(H,42,47)(H,43,48)/b32-29+/t33-,34+,35+,36+/m0/s1. The Kier molecular flexibility index (Phi) is 19.1. The Morgan fingerprint density at radius 1 is 0.800 bits per heavy atom. The molecule has 4 amide bonds. The zero-order valence-electron chi connectivity index (χ0n) is 33.7. The maximum Gasteiger partial charge on any atom is 0.249 e. The summed E-state index contributed by atoms with van der Waals surface area (Å²) in [5, 5.41) is 6.25. The zero-order chi connectivity index (χ0) is 37.4. The first-order valence-electron chi connectivity index (χ1n) is 20.2. The lowest BCUT2D eigenvalue weighted by Crippen LogP contribution is -2.60. The third kappa shape index (κ3) is 13.6. The minimum atomic E-state index is -0.719. The van der Waals surface area contributed by atoms with Gasteiger partial charge in [-0.05, 0) is 70.8 Å². The van der Waals surface area contributed by atoms with Crippen molar-refractivity contribution in [2.24, 2.45) is 11.3 Å². The van der Waals surface area contributed by atoms with E-state index in [1.54, 1.807) is 23.8 Å². The van der Waals surface area contributed by atoms with Gasteiger partial charge in [0.05, 0.1) is 12.1 Å². The largest absolute Gasteiger partial charge is 0.354 e. The normalized spacial score (nSPS) is 20.2. The summed E-state index contributed by atoms with van der Waals surface area (Å²) in [6.07, 6.45) is 18.7. The lowest BCUT2D eigenvalue weighted by molar-refractivity contribution is -0.142. The van der Waals surface area contributed by atoms with E-state index in [1.807, 2.05) is 40.7 Å². The van der Waals surface area contributed by atoms with E-state index in [9.17, 15) is 19.2 Å². The number of amides is 4. The fourth-order valence-corrected chi connectivity index (χ4v) is 7.62. The molecule has 0 bridgehead atoms. The van der Waals surface area contributed by atoms with Crippen LogP contribution in [-0.4, -0.2) is 95.2 Å². The van der Waals surface area contributed by atoms with Crippen molar-refractivity contribution in [2.75, 3.05) is 26.7 Å². The van der Waals surface area contributed by atoms with Crippen LogP contribution in [0.4, 0.5) is 0 Å². The number of hydrogen-bond acceptors (Lipinski definition) is 5. The Balaban J connectivity index is 2.01.